The fourth-order valence-electron chi connectivity index (χ4n) is 4.04. The van der Waals surface area contributed by atoms with Gasteiger partial charge in [0, 0.05) is 32.6 Å². The van der Waals surface area contributed by atoms with Gasteiger partial charge >= 0.3 is 0 Å². The Morgan fingerprint density at radius 2 is 1.72 bits per heavy atom. The van der Waals surface area contributed by atoms with Crippen molar-refractivity contribution in [2.24, 2.45) is 5.16 Å². The van der Waals surface area contributed by atoms with Crippen LogP contribution in [0.15, 0.2) is 53.7 Å². The second-order valence-corrected chi connectivity index (χ2v) is 6.56. The van der Waals surface area contributed by atoms with Crippen LogP contribution in [0.4, 0.5) is 5.69 Å². The van der Waals surface area contributed by atoms with E-state index in [1.54, 1.807) is 7.11 Å². The molecule has 1 fully saturated rings. The van der Waals surface area contributed by atoms with Crippen molar-refractivity contribution in [1.82, 2.24) is 4.90 Å². The summed E-state index contributed by atoms with van der Waals surface area (Å²) in [6.07, 6.45) is 0.740. The lowest BCUT2D eigenvalue weighted by atomic mass is 10.1. The van der Waals surface area contributed by atoms with Crippen LogP contribution < -0.4 is 9.64 Å². The van der Waals surface area contributed by atoms with Gasteiger partial charge < -0.3 is 14.8 Å². The van der Waals surface area contributed by atoms with E-state index in [9.17, 15) is 5.21 Å². The van der Waals surface area contributed by atoms with Crippen molar-refractivity contribution in [2.75, 3.05) is 38.2 Å². The van der Waals surface area contributed by atoms with Gasteiger partial charge in [0.25, 0.3) is 0 Å². The van der Waals surface area contributed by atoms with Gasteiger partial charge in [0.15, 0.2) is 0 Å². The minimum Gasteiger partial charge on any atom is -0.495 e. The molecule has 0 amide bonds. The van der Waals surface area contributed by atoms with Crippen LogP contribution in [0.2, 0.25) is 0 Å². The first kappa shape index (κ1) is 16.0. The standard InChI is InChI=1S/C20H23N3O2/c1-25-19-9-5-4-8-18(19)22-10-12-23(13-11-22)20-16-7-3-2-6-15(16)14-17(20)21-24/h2-9,20,24H,10-14H2,1H3. The number of anilines is 1. The highest BCUT2D eigenvalue weighted by atomic mass is 16.5. The summed E-state index contributed by atoms with van der Waals surface area (Å²) in [4.78, 5) is 4.79. The molecule has 1 atom stereocenters. The first-order chi connectivity index (χ1) is 12.3. The molecule has 1 N–H and O–H groups in total. The molecule has 0 radical (unpaired) electrons. The maximum absolute atomic E-state index is 9.47. The third-order valence-corrected chi connectivity index (χ3v) is 5.27. The predicted octanol–water partition coefficient (Wildman–Crippen LogP) is 2.94. The Bertz CT molecular complexity index is 782. The predicted molar refractivity (Wildman–Crippen MR) is 98.9 cm³/mol. The molecule has 1 saturated heterocycles. The van der Waals surface area contributed by atoms with Crippen molar-refractivity contribution in [3.05, 3.63) is 59.7 Å². The molecule has 1 unspecified atom stereocenters. The molecule has 130 valence electrons. The average Bonchev–Trinajstić information content (AvgIpc) is 3.06. The average molecular weight is 337 g/mol. The Morgan fingerprint density at radius 3 is 2.48 bits per heavy atom. The fourth-order valence-corrected chi connectivity index (χ4v) is 4.04. The van der Waals surface area contributed by atoms with E-state index in [4.69, 9.17) is 4.74 Å². The van der Waals surface area contributed by atoms with Gasteiger partial charge in [-0.15, -0.1) is 0 Å². The summed E-state index contributed by atoms with van der Waals surface area (Å²) in [5.74, 6) is 0.916. The van der Waals surface area contributed by atoms with E-state index in [-0.39, 0.29) is 6.04 Å². The Morgan fingerprint density at radius 1 is 1.00 bits per heavy atom. The molecule has 5 nitrogen and oxygen atoms in total. The summed E-state index contributed by atoms with van der Waals surface area (Å²) in [5, 5.41) is 13.1. The number of ether oxygens (including phenoxy) is 1. The van der Waals surface area contributed by atoms with E-state index in [0.29, 0.717) is 0 Å². The number of rotatable bonds is 3. The van der Waals surface area contributed by atoms with Crippen molar-refractivity contribution in [1.29, 1.82) is 0 Å². The topological polar surface area (TPSA) is 48.3 Å². The minimum absolute atomic E-state index is 0.0982. The largest absolute Gasteiger partial charge is 0.495 e. The Balaban J connectivity index is 1.52. The number of benzene rings is 2. The van der Waals surface area contributed by atoms with Crippen molar-refractivity contribution < 1.29 is 9.94 Å². The number of hydrogen-bond donors (Lipinski definition) is 1. The normalized spacial score (nSPS) is 22.2. The smallest absolute Gasteiger partial charge is 0.142 e. The molecule has 4 rings (SSSR count). The summed E-state index contributed by atoms with van der Waals surface area (Å²) in [6, 6.07) is 16.7. The molecule has 1 aliphatic carbocycles. The van der Waals surface area contributed by atoms with Crippen LogP contribution in [0.5, 0.6) is 5.75 Å². The molecule has 5 heteroatoms. The maximum atomic E-state index is 9.47. The SMILES string of the molecule is COc1ccccc1N1CCN(C2C(=NO)Cc3ccccc32)CC1. The zero-order chi connectivity index (χ0) is 17.2. The highest BCUT2D eigenvalue weighted by molar-refractivity contribution is 5.96. The Labute approximate surface area is 148 Å². The van der Waals surface area contributed by atoms with Crippen LogP contribution in [-0.2, 0) is 6.42 Å². The summed E-state index contributed by atoms with van der Waals surface area (Å²) in [7, 11) is 1.72. The highest BCUT2D eigenvalue weighted by Gasteiger charge is 2.35. The molecular weight excluding hydrogens is 314 g/mol. The van der Waals surface area contributed by atoms with E-state index < -0.39 is 0 Å². The van der Waals surface area contributed by atoms with Crippen molar-refractivity contribution in [3.8, 4) is 5.75 Å². The second kappa shape index (κ2) is 6.76. The molecular formula is C20H23N3O2. The number of hydrogen-bond acceptors (Lipinski definition) is 5. The highest BCUT2D eigenvalue weighted by Crippen LogP contribution is 2.35. The Hall–Kier alpha value is -2.53. The van der Waals surface area contributed by atoms with Crippen molar-refractivity contribution in [3.63, 3.8) is 0 Å². The number of piperazine rings is 1. The number of oxime groups is 1. The molecule has 2 aromatic rings. The van der Waals surface area contributed by atoms with E-state index in [0.717, 1.165) is 49.7 Å². The lowest BCUT2D eigenvalue weighted by Crippen LogP contribution is -2.48. The second-order valence-electron chi connectivity index (χ2n) is 6.56. The van der Waals surface area contributed by atoms with Gasteiger partial charge in [-0.1, -0.05) is 41.6 Å². The van der Waals surface area contributed by atoms with Gasteiger partial charge in [-0.05, 0) is 23.3 Å². The Kier molecular flexibility index (Phi) is 4.32. The van der Waals surface area contributed by atoms with E-state index in [1.807, 2.05) is 18.2 Å². The summed E-state index contributed by atoms with van der Waals surface area (Å²) in [6.45, 7) is 3.71. The lowest BCUT2D eigenvalue weighted by molar-refractivity contribution is 0.224. The van der Waals surface area contributed by atoms with Crippen LogP contribution in [0.1, 0.15) is 17.2 Å². The van der Waals surface area contributed by atoms with Gasteiger partial charge in [0.1, 0.15) is 5.75 Å². The molecule has 2 aromatic carbocycles. The zero-order valence-corrected chi connectivity index (χ0v) is 14.4. The molecule has 1 aliphatic heterocycles. The van der Waals surface area contributed by atoms with Crippen LogP contribution in [-0.4, -0.2) is 49.1 Å². The quantitative estimate of drug-likeness (QED) is 0.691. The third kappa shape index (κ3) is 2.85. The number of para-hydroxylation sites is 2. The van der Waals surface area contributed by atoms with Gasteiger partial charge in [-0.2, -0.15) is 0 Å². The van der Waals surface area contributed by atoms with Crippen LogP contribution in [0.3, 0.4) is 0 Å². The summed E-state index contributed by atoms with van der Waals surface area (Å²) < 4.78 is 5.50. The lowest BCUT2D eigenvalue weighted by Gasteiger charge is -2.39. The molecule has 0 spiro atoms. The molecule has 0 aromatic heterocycles. The van der Waals surface area contributed by atoms with Gasteiger partial charge in [0.2, 0.25) is 0 Å². The number of fused-ring (bicyclic) bond motifs is 1. The minimum atomic E-state index is 0.0982. The number of nitrogens with zero attached hydrogens (tertiary/aromatic N) is 3. The van der Waals surface area contributed by atoms with E-state index in [2.05, 4.69) is 45.3 Å². The molecule has 0 bridgehead atoms. The van der Waals surface area contributed by atoms with Crippen LogP contribution in [0.25, 0.3) is 0 Å². The molecule has 0 saturated carbocycles. The zero-order valence-electron chi connectivity index (χ0n) is 14.4. The van der Waals surface area contributed by atoms with Gasteiger partial charge in [-0.25, -0.2) is 0 Å². The van der Waals surface area contributed by atoms with E-state index in [1.165, 1.54) is 11.1 Å². The fraction of sp³-hybridized carbons (Fsp3) is 0.350. The van der Waals surface area contributed by atoms with Gasteiger partial charge in [-0.3, -0.25) is 4.90 Å². The summed E-state index contributed by atoms with van der Waals surface area (Å²) >= 11 is 0. The van der Waals surface area contributed by atoms with Crippen LogP contribution >= 0.6 is 0 Å². The third-order valence-electron chi connectivity index (χ3n) is 5.27. The van der Waals surface area contributed by atoms with Crippen molar-refractivity contribution >= 4 is 11.4 Å². The first-order valence-electron chi connectivity index (χ1n) is 8.72. The van der Waals surface area contributed by atoms with Gasteiger partial charge in [0.05, 0.1) is 24.6 Å². The number of methoxy groups -OCH3 is 1. The summed E-state index contributed by atoms with van der Waals surface area (Å²) in [5.41, 5.74) is 4.55. The maximum Gasteiger partial charge on any atom is 0.142 e. The van der Waals surface area contributed by atoms with E-state index >= 15 is 0 Å². The van der Waals surface area contributed by atoms with Crippen molar-refractivity contribution in [2.45, 2.75) is 12.5 Å². The molecule has 2 aliphatic rings. The van der Waals surface area contributed by atoms with Crippen LogP contribution in [0, 0.1) is 0 Å². The molecule has 1 heterocycles. The monoisotopic (exact) mass is 337 g/mol. The first-order valence-corrected chi connectivity index (χ1v) is 8.72. The molecule has 25 heavy (non-hydrogen) atoms.